The van der Waals surface area contributed by atoms with Crippen molar-refractivity contribution < 1.29 is 9.18 Å². The molecule has 3 aromatic heterocycles. The Hall–Kier alpha value is -2.88. The zero-order valence-electron chi connectivity index (χ0n) is 16.2. The Bertz CT molecular complexity index is 1040. The fourth-order valence-electron chi connectivity index (χ4n) is 4.62. The largest absolute Gasteiger partial charge is 0.364 e. The van der Waals surface area contributed by atoms with Crippen LogP contribution in [0.5, 0.6) is 0 Å². The predicted molar refractivity (Wildman–Crippen MR) is 103 cm³/mol. The summed E-state index contributed by atoms with van der Waals surface area (Å²) in [7, 11) is 0. The lowest BCUT2D eigenvalue weighted by molar-refractivity contribution is -0.0551. The molecule has 0 atom stereocenters. The van der Waals surface area contributed by atoms with Crippen molar-refractivity contribution in [2.75, 3.05) is 13.1 Å². The van der Waals surface area contributed by atoms with E-state index in [1.165, 1.54) is 0 Å². The number of fused-ring (bicyclic) bond motifs is 1. The molecule has 0 radical (unpaired) electrons. The first-order chi connectivity index (χ1) is 13.9. The molecule has 1 aliphatic heterocycles. The van der Waals surface area contributed by atoms with E-state index < -0.39 is 11.6 Å². The normalized spacial score (nSPS) is 24.5. The first-order valence-electron chi connectivity index (χ1n) is 9.88. The summed E-state index contributed by atoms with van der Waals surface area (Å²) in [5.74, 6) is -0.281. The van der Waals surface area contributed by atoms with Gasteiger partial charge in [0.2, 0.25) is 5.95 Å². The Kier molecular flexibility index (Phi) is 4.12. The Balaban J connectivity index is 1.42. The van der Waals surface area contributed by atoms with Gasteiger partial charge in [-0.05, 0) is 32.6 Å². The molecular weight excluding hydrogens is 375 g/mol. The summed E-state index contributed by atoms with van der Waals surface area (Å²) in [5, 5.41) is 4.52. The van der Waals surface area contributed by atoms with E-state index in [0.717, 1.165) is 25.7 Å². The highest BCUT2D eigenvalue weighted by Gasteiger charge is 2.43. The Morgan fingerprint density at radius 2 is 1.93 bits per heavy atom. The SMILES string of the molecule is CC1(F)CN(C2CCC(n3ncc4nc(-n5ccnc5)nc(C(N)=O)c43)CC2)C1. The molecule has 2 N–H and O–H groups in total. The van der Waals surface area contributed by atoms with Crippen molar-refractivity contribution in [1.82, 2.24) is 34.2 Å². The average Bonchev–Trinajstić information content (AvgIpc) is 3.35. The van der Waals surface area contributed by atoms with E-state index in [0.29, 0.717) is 36.1 Å². The quantitative estimate of drug-likeness (QED) is 0.716. The van der Waals surface area contributed by atoms with Crippen molar-refractivity contribution in [3.63, 3.8) is 0 Å². The summed E-state index contributed by atoms with van der Waals surface area (Å²) >= 11 is 0. The Labute approximate surface area is 166 Å². The third-order valence-electron chi connectivity index (χ3n) is 6.00. The van der Waals surface area contributed by atoms with Crippen molar-refractivity contribution in [3.8, 4) is 5.95 Å². The highest BCUT2D eigenvalue weighted by molar-refractivity contribution is 6.02. The summed E-state index contributed by atoms with van der Waals surface area (Å²) in [6, 6.07) is 0.555. The van der Waals surface area contributed by atoms with E-state index >= 15 is 0 Å². The lowest BCUT2D eigenvalue weighted by atomic mass is 9.86. The molecule has 2 fully saturated rings. The third kappa shape index (κ3) is 3.17. The fraction of sp³-hybridized carbons (Fsp3) is 0.526. The van der Waals surface area contributed by atoms with Crippen molar-refractivity contribution in [2.24, 2.45) is 5.73 Å². The molecule has 10 heteroatoms. The number of hydrogen-bond acceptors (Lipinski definition) is 6. The van der Waals surface area contributed by atoms with Gasteiger partial charge >= 0.3 is 0 Å². The first-order valence-corrected chi connectivity index (χ1v) is 9.88. The van der Waals surface area contributed by atoms with Crippen molar-refractivity contribution in [3.05, 3.63) is 30.6 Å². The van der Waals surface area contributed by atoms with E-state index in [1.807, 2.05) is 4.68 Å². The number of nitrogens with zero attached hydrogens (tertiary/aromatic N) is 7. The van der Waals surface area contributed by atoms with Gasteiger partial charge in [-0.1, -0.05) is 0 Å². The third-order valence-corrected chi connectivity index (χ3v) is 6.00. The number of primary amides is 1. The summed E-state index contributed by atoms with van der Waals surface area (Å²) in [6.45, 7) is 2.70. The van der Waals surface area contributed by atoms with E-state index in [-0.39, 0.29) is 11.7 Å². The molecule has 9 nitrogen and oxygen atoms in total. The van der Waals surface area contributed by atoms with Crippen LogP contribution in [0, 0.1) is 0 Å². The van der Waals surface area contributed by atoms with Crippen LogP contribution in [0.4, 0.5) is 4.39 Å². The second-order valence-electron chi connectivity index (χ2n) is 8.31. The number of halogens is 1. The topological polar surface area (TPSA) is 108 Å². The molecule has 4 heterocycles. The number of imidazole rings is 1. The Morgan fingerprint density at radius 1 is 1.21 bits per heavy atom. The number of amides is 1. The van der Waals surface area contributed by atoms with E-state index in [1.54, 1.807) is 36.4 Å². The Morgan fingerprint density at radius 3 is 2.55 bits per heavy atom. The second kappa shape index (κ2) is 6.58. The summed E-state index contributed by atoms with van der Waals surface area (Å²) in [4.78, 5) is 27.3. The maximum Gasteiger partial charge on any atom is 0.269 e. The van der Waals surface area contributed by atoms with Crippen LogP contribution in [0.1, 0.15) is 49.1 Å². The van der Waals surface area contributed by atoms with Gasteiger partial charge in [-0.3, -0.25) is 18.9 Å². The molecular formula is C19H23FN8O. The number of carbonyl (C=O) groups is 1. The molecule has 1 aliphatic carbocycles. The standard InChI is InChI=1S/C19H23FN8O/c1-19(20)9-27(10-19)12-2-4-13(5-3-12)28-16-14(8-23-28)24-18(25-15(16)17(21)29)26-7-6-22-11-26/h6-8,11-13H,2-5,9-10H2,1H3,(H2,21,29). The van der Waals surface area contributed by atoms with Crippen LogP contribution in [0.2, 0.25) is 0 Å². The lowest BCUT2D eigenvalue weighted by Crippen LogP contribution is -2.61. The maximum atomic E-state index is 13.8. The molecule has 5 rings (SSSR count). The van der Waals surface area contributed by atoms with Gasteiger partial charge in [-0.15, -0.1) is 0 Å². The minimum Gasteiger partial charge on any atom is -0.364 e. The molecule has 3 aromatic rings. The van der Waals surface area contributed by atoms with Crippen LogP contribution in [-0.4, -0.2) is 64.9 Å². The minimum absolute atomic E-state index is 0.141. The number of hydrogen-bond donors (Lipinski definition) is 1. The predicted octanol–water partition coefficient (Wildman–Crippen LogP) is 1.64. The molecule has 0 bridgehead atoms. The van der Waals surface area contributed by atoms with Gasteiger partial charge in [-0.2, -0.15) is 5.10 Å². The molecule has 29 heavy (non-hydrogen) atoms. The highest BCUT2D eigenvalue weighted by Crippen LogP contribution is 2.37. The van der Waals surface area contributed by atoms with Gasteiger partial charge in [0.05, 0.1) is 12.2 Å². The highest BCUT2D eigenvalue weighted by atomic mass is 19.1. The van der Waals surface area contributed by atoms with Gasteiger partial charge in [0, 0.05) is 31.5 Å². The molecule has 0 unspecified atom stereocenters. The molecule has 152 valence electrons. The molecule has 1 amide bonds. The molecule has 1 saturated carbocycles. The van der Waals surface area contributed by atoms with E-state index in [4.69, 9.17) is 5.73 Å². The zero-order valence-corrected chi connectivity index (χ0v) is 16.2. The minimum atomic E-state index is -1.05. The monoisotopic (exact) mass is 398 g/mol. The number of carbonyl (C=O) groups excluding carboxylic acids is 1. The first kappa shape index (κ1) is 18.2. The van der Waals surface area contributed by atoms with E-state index in [2.05, 4.69) is 25.0 Å². The van der Waals surface area contributed by atoms with Crippen molar-refractivity contribution in [2.45, 2.75) is 50.4 Å². The van der Waals surface area contributed by atoms with E-state index in [9.17, 15) is 9.18 Å². The summed E-state index contributed by atoms with van der Waals surface area (Å²) in [5.41, 5.74) is 5.90. The fourth-order valence-corrected chi connectivity index (χ4v) is 4.62. The van der Waals surface area contributed by atoms with Crippen LogP contribution in [0.25, 0.3) is 17.0 Å². The van der Waals surface area contributed by atoms with Crippen molar-refractivity contribution in [1.29, 1.82) is 0 Å². The lowest BCUT2D eigenvalue weighted by Gasteiger charge is -2.48. The number of likely N-dealkylation sites (tertiary alicyclic amines) is 1. The van der Waals surface area contributed by atoms with Crippen LogP contribution in [0.15, 0.2) is 24.9 Å². The maximum absolute atomic E-state index is 13.8. The van der Waals surface area contributed by atoms with Gasteiger partial charge in [0.25, 0.3) is 5.91 Å². The molecule has 1 saturated heterocycles. The van der Waals surface area contributed by atoms with Crippen LogP contribution in [-0.2, 0) is 0 Å². The summed E-state index contributed by atoms with van der Waals surface area (Å²) in [6.07, 6.45) is 10.3. The van der Waals surface area contributed by atoms with Crippen LogP contribution >= 0.6 is 0 Å². The van der Waals surface area contributed by atoms with Crippen LogP contribution in [0.3, 0.4) is 0 Å². The smallest absolute Gasteiger partial charge is 0.269 e. The second-order valence-corrected chi connectivity index (χ2v) is 8.31. The molecule has 2 aliphatic rings. The number of rotatable bonds is 4. The van der Waals surface area contributed by atoms with Crippen molar-refractivity contribution >= 4 is 16.9 Å². The molecule has 0 aromatic carbocycles. The average molecular weight is 398 g/mol. The van der Waals surface area contributed by atoms with Gasteiger partial charge in [0.15, 0.2) is 5.69 Å². The number of alkyl halides is 1. The van der Waals surface area contributed by atoms with Gasteiger partial charge < -0.3 is 5.73 Å². The molecule has 0 spiro atoms. The number of aromatic nitrogens is 6. The van der Waals surface area contributed by atoms with Gasteiger partial charge in [0.1, 0.15) is 23.0 Å². The van der Waals surface area contributed by atoms with Crippen LogP contribution < -0.4 is 5.73 Å². The summed E-state index contributed by atoms with van der Waals surface area (Å²) < 4.78 is 17.3. The number of nitrogens with two attached hydrogens (primary N) is 1. The zero-order chi connectivity index (χ0) is 20.2. The van der Waals surface area contributed by atoms with Gasteiger partial charge in [-0.25, -0.2) is 19.3 Å².